The summed E-state index contributed by atoms with van der Waals surface area (Å²) in [6.07, 6.45) is 2.47. The summed E-state index contributed by atoms with van der Waals surface area (Å²) in [6.45, 7) is 6.28. The molecule has 0 aliphatic carbocycles. The normalized spacial score (nSPS) is 16.1. The van der Waals surface area contributed by atoms with Crippen molar-refractivity contribution in [1.29, 1.82) is 0 Å². The molecule has 0 saturated carbocycles. The van der Waals surface area contributed by atoms with Crippen molar-refractivity contribution in [1.82, 2.24) is 4.98 Å². The highest BCUT2D eigenvalue weighted by Gasteiger charge is 2.18. The van der Waals surface area contributed by atoms with Crippen LogP contribution in [0.2, 0.25) is 0 Å². The highest BCUT2D eigenvalue weighted by molar-refractivity contribution is 5.51. The maximum absolute atomic E-state index is 9.38. The minimum atomic E-state index is 0.0882. The number of pyridine rings is 1. The molecule has 1 fully saturated rings. The third-order valence-electron chi connectivity index (χ3n) is 3.02. The number of nitrogens with zero attached hydrogens (tertiary/aromatic N) is 2. The minimum absolute atomic E-state index is 0.0882. The molecule has 82 valence electrons. The van der Waals surface area contributed by atoms with Crippen LogP contribution >= 0.6 is 0 Å². The molecule has 1 N–H and O–H groups in total. The first-order valence-electron chi connectivity index (χ1n) is 5.55. The number of hydrogen-bond acceptors (Lipinski definition) is 3. The SMILES string of the molecule is Cc1cc(C)c(CO)c(N2CCCC2)n1. The molecule has 1 aromatic heterocycles. The van der Waals surface area contributed by atoms with Crippen LogP contribution in [0.15, 0.2) is 6.07 Å². The molecule has 0 spiro atoms. The summed E-state index contributed by atoms with van der Waals surface area (Å²) in [5, 5.41) is 9.38. The Kier molecular flexibility index (Phi) is 2.91. The van der Waals surface area contributed by atoms with Gasteiger partial charge in [0.25, 0.3) is 0 Å². The fraction of sp³-hybridized carbons (Fsp3) is 0.583. The Balaban J connectivity index is 2.42. The molecule has 0 bridgehead atoms. The Labute approximate surface area is 90.8 Å². The Hall–Kier alpha value is -1.09. The number of aryl methyl sites for hydroxylation is 2. The van der Waals surface area contributed by atoms with Crippen molar-refractivity contribution in [2.75, 3.05) is 18.0 Å². The number of aromatic nitrogens is 1. The summed E-state index contributed by atoms with van der Waals surface area (Å²) in [5.41, 5.74) is 3.17. The summed E-state index contributed by atoms with van der Waals surface area (Å²) in [6, 6.07) is 2.03. The van der Waals surface area contributed by atoms with Gasteiger partial charge in [-0.2, -0.15) is 0 Å². The molecular weight excluding hydrogens is 188 g/mol. The number of aliphatic hydroxyl groups is 1. The number of rotatable bonds is 2. The highest BCUT2D eigenvalue weighted by Crippen LogP contribution is 2.25. The van der Waals surface area contributed by atoms with Gasteiger partial charge in [0.15, 0.2) is 0 Å². The maximum atomic E-state index is 9.38. The molecule has 1 aromatic rings. The standard InChI is InChI=1S/C12H18N2O/c1-9-7-10(2)13-12(11(9)8-15)14-5-3-4-6-14/h7,15H,3-6,8H2,1-2H3. The van der Waals surface area contributed by atoms with E-state index in [2.05, 4.69) is 9.88 Å². The van der Waals surface area contributed by atoms with Gasteiger partial charge in [-0.3, -0.25) is 0 Å². The van der Waals surface area contributed by atoms with Gasteiger partial charge in [0.1, 0.15) is 5.82 Å². The smallest absolute Gasteiger partial charge is 0.134 e. The second-order valence-corrected chi connectivity index (χ2v) is 4.23. The van der Waals surface area contributed by atoms with E-state index in [0.717, 1.165) is 35.7 Å². The lowest BCUT2D eigenvalue weighted by atomic mass is 10.1. The Morgan fingerprint density at radius 3 is 2.60 bits per heavy atom. The van der Waals surface area contributed by atoms with Gasteiger partial charge in [0.05, 0.1) is 6.61 Å². The lowest BCUT2D eigenvalue weighted by Gasteiger charge is -2.21. The topological polar surface area (TPSA) is 36.4 Å². The average Bonchev–Trinajstić information content (AvgIpc) is 2.69. The predicted octanol–water partition coefficient (Wildman–Crippen LogP) is 1.79. The molecule has 1 aliphatic rings. The molecule has 0 amide bonds. The van der Waals surface area contributed by atoms with Crippen molar-refractivity contribution in [3.8, 4) is 0 Å². The highest BCUT2D eigenvalue weighted by atomic mass is 16.3. The molecule has 1 aliphatic heterocycles. The quantitative estimate of drug-likeness (QED) is 0.801. The van der Waals surface area contributed by atoms with Crippen molar-refractivity contribution in [3.05, 3.63) is 22.9 Å². The van der Waals surface area contributed by atoms with Crippen molar-refractivity contribution in [2.24, 2.45) is 0 Å². The molecule has 0 radical (unpaired) electrons. The summed E-state index contributed by atoms with van der Waals surface area (Å²) in [4.78, 5) is 6.84. The number of aliphatic hydroxyl groups excluding tert-OH is 1. The van der Waals surface area contributed by atoms with Gasteiger partial charge in [-0.15, -0.1) is 0 Å². The van der Waals surface area contributed by atoms with E-state index in [4.69, 9.17) is 0 Å². The zero-order chi connectivity index (χ0) is 10.8. The van der Waals surface area contributed by atoms with Gasteiger partial charge in [-0.05, 0) is 38.3 Å². The Morgan fingerprint density at radius 2 is 2.00 bits per heavy atom. The summed E-state index contributed by atoms with van der Waals surface area (Å²) >= 11 is 0. The zero-order valence-corrected chi connectivity index (χ0v) is 9.45. The second kappa shape index (κ2) is 4.19. The van der Waals surface area contributed by atoms with Crippen LogP contribution in [0.5, 0.6) is 0 Å². The predicted molar refractivity (Wildman–Crippen MR) is 61.1 cm³/mol. The molecule has 0 atom stereocenters. The zero-order valence-electron chi connectivity index (χ0n) is 9.45. The van der Waals surface area contributed by atoms with E-state index in [-0.39, 0.29) is 6.61 Å². The molecule has 2 heterocycles. The van der Waals surface area contributed by atoms with Crippen LogP contribution in [0.25, 0.3) is 0 Å². The minimum Gasteiger partial charge on any atom is -0.392 e. The van der Waals surface area contributed by atoms with Crippen molar-refractivity contribution < 1.29 is 5.11 Å². The molecule has 3 nitrogen and oxygen atoms in total. The van der Waals surface area contributed by atoms with E-state index in [0.29, 0.717) is 0 Å². The molecule has 0 unspecified atom stereocenters. The first-order valence-corrected chi connectivity index (χ1v) is 5.55. The van der Waals surface area contributed by atoms with Gasteiger partial charge in [0.2, 0.25) is 0 Å². The van der Waals surface area contributed by atoms with Crippen LogP contribution < -0.4 is 4.90 Å². The van der Waals surface area contributed by atoms with Crippen molar-refractivity contribution >= 4 is 5.82 Å². The largest absolute Gasteiger partial charge is 0.392 e. The molecule has 1 saturated heterocycles. The summed E-state index contributed by atoms with van der Waals surface area (Å²) in [7, 11) is 0. The van der Waals surface area contributed by atoms with E-state index in [1.165, 1.54) is 12.8 Å². The molecule has 0 aromatic carbocycles. The van der Waals surface area contributed by atoms with Crippen LogP contribution in [0.4, 0.5) is 5.82 Å². The first kappa shape index (κ1) is 10.4. The van der Waals surface area contributed by atoms with Gasteiger partial charge in [-0.25, -0.2) is 4.98 Å². The van der Waals surface area contributed by atoms with Crippen LogP contribution in [0.1, 0.15) is 29.7 Å². The van der Waals surface area contributed by atoms with Crippen molar-refractivity contribution in [2.45, 2.75) is 33.3 Å². The van der Waals surface area contributed by atoms with E-state index < -0.39 is 0 Å². The summed E-state index contributed by atoms with van der Waals surface area (Å²) in [5.74, 6) is 0.993. The van der Waals surface area contributed by atoms with Gasteiger partial charge in [0, 0.05) is 24.3 Å². The van der Waals surface area contributed by atoms with Gasteiger partial charge in [-0.1, -0.05) is 0 Å². The third-order valence-corrected chi connectivity index (χ3v) is 3.02. The van der Waals surface area contributed by atoms with Gasteiger partial charge < -0.3 is 10.0 Å². The van der Waals surface area contributed by atoms with E-state index >= 15 is 0 Å². The number of anilines is 1. The van der Waals surface area contributed by atoms with E-state index in [1.807, 2.05) is 19.9 Å². The van der Waals surface area contributed by atoms with Crippen LogP contribution in [-0.2, 0) is 6.61 Å². The van der Waals surface area contributed by atoms with Crippen LogP contribution in [-0.4, -0.2) is 23.2 Å². The lowest BCUT2D eigenvalue weighted by Crippen LogP contribution is -2.21. The first-order chi connectivity index (χ1) is 7.22. The number of hydrogen-bond donors (Lipinski definition) is 1. The fourth-order valence-electron chi connectivity index (χ4n) is 2.23. The lowest BCUT2D eigenvalue weighted by molar-refractivity contribution is 0.281. The second-order valence-electron chi connectivity index (χ2n) is 4.23. The third kappa shape index (κ3) is 1.97. The Morgan fingerprint density at radius 1 is 1.33 bits per heavy atom. The average molecular weight is 206 g/mol. The molecule has 3 heteroatoms. The maximum Gasteiger partial charge on any atom is 0.134 e. The fourth-order valence-corrected chi connectivity index (χ4v) is 2.23. The van der Waals surface area contributed by atoms with Crippen LogP contribution in [0, 0.1) is 13.8 Å². The Bertz CT molecular complexity index is 357. The monoisotopic (exact) mass is 206 g/mol. The van der Waals surface area contributed by atoms with Crippen molar-refractivity contribution in [3.63, 3.8) is 0 Å². The van der Waals surface area contributed by atoms with E-state index in [9.17, 15) is 5.11 Å². The molecule has 2 rings (SSSR count). The van der Waals surface area contributed by atoms with Crippen LogP contribution in [0.3, 0.4) is 0 Å². The summed E-state index contributed by atoms with van der Waals surface area (Å²) < 4.78 is 0. The molecule has 15 heavy (non-hydrogen) atoms. The van der Waals surface area contributed by atoms with Gasteiger partial charge >= 0.3 is 0 Å². The van der Waals surface area contributed by atoms with E-state index in [1.54, 1.807) is 0 Å². The molecular formula is C12H18N2O.